The van der Waals surface area contributed by atoms with Crippen LogP contribution in [0.5, 0.6) is 5.75 Å². The van der Waals surface area contributed by atoms with E-state index in [0.717, 1.165) is 6.07 Å². The summed E-state index contributed by atoms with van der Waals surface area (Å²) < 4.78 is 47.9. The summed E-state index contributed by atoms with van der Waals surface area (Å²) in [4.78, 5) is 0. The average Bonchev–Trinajstić information content (AvgIpc) is 2.01. The Balaban J connectivity index is 2.90. The predicted octanol–water partition coefficient (Wildman–Crippen LogP) is 1.75. The third-order valence-electron chi connectivity index (χ3n) is 1.25. The summed E-state index contributed by atoms with van der Waals surface area (Å²) in [6.07, 6.45) is 0. The Labute approximate surface area is 74.4 Å². The first-order valence-corrected chi connectivity index (χ1v) is 4.61. The molecule has 0 spiro atoms. The van der Waals surface area contributed by atoms with Crippen molar-refractivity contribution in [2.45, 2.75) is 6.67 Å². The highest BCUT2D eigenvalue weighted by atomic mass is 32.3. The maximum Gasteiger partial charge on any atom is 0.488 e. The number of hydrogen-bond donors (Lipinski definition) is 0. The fraction of sp³-hybridized carbons (Fsp3) is 0.143. The lowest BCUT2D eigenvalue weighted by Crippen LogP contribution is -2.01. The van der Waals surface area contributed by atoms with E-state index < -0.39 is 17.2 Å². The topological polar surface area (TPSA) is 43.4 Å². The number of hydrogen-bond acceptors (Lipinski definition) is 3. The molecule has 0 aliphatic rings. The van der Waals surface area contributed by atoms with Crippen LogP contribution in [0.15, 0.2) is 24.3 Å². The second-order valence-corrected chi connectivity index (χ2v) is 3.21. The van der Waals surface area contributed by atoms with Crippen LogP contribution < -0.4 is 4.18 Å². The molecule has 0 aliphatic heterocycles. The van der Waals surface area contributed by atoms with Crippen LogP contribution in [0.2, 0.25) is 0 Å². The van der Waals surface area contributed by atoms with E-state index in [4.69, 9.17) is 0 Å². The molecule has 0 amide bonds. The first-order valence-electron chi connectivity index (χ1n) is 3.30. The number of alkyl halides is 1. The highest BCUT2D eigenvalue weighted by molar-refractivity contribution is 7.81. The van der Waals surface area contributed by atoms with Crippen molar-refractivity contribution in [1.82, 2.24) is 0 Å². The molecule has 1 aromatic carbocycles. The van der Waals surface area contributed by atoms with Crippen molar-refractivity contribution >= 4 is 10.5 Å². The van der Waals surface area contributed by atoms with Gasteiger partial charge in [-0.05, 0) is 17.7 Å². The Morgan fingerprint density at radius 1 is 1.38 bits per heavy atom. The van der Waals surface area contributed by atoms with E-state index in [2.05, 4.69) is 4.18 Å². The highest BCUT2D eigenvalue weighted by Crippen LogP contribution is 2.16. The second kappa shape index (κ2) is 3.69. The first-order chi connectivity index (χ1) is 6.01. The minimum Gasteiger partial charge on any atom is -0.358 e. The zero-order chi connectivity index (χ0) is 9.90. The lowest BCUT2D eigenvalue weighted by atomic mass is 10.2. The van der Waals surface area contributed by atoms with Crippen molar-refractivity contribution in [3.05, 3.63) is 29.8 Å². The molecule has 0 fully saturated rings. The Morgan fingerprint density at radius 3 is 2.62 bits per heavy atom. The van der Waals surface area contributed by atoms with Gasteiger partial charge in [0.05, 0.1) is 0 Å². The molecule has 3 nitrogen and oxygen atoms in total. The SMILES string of the molecule is O=S(=O)(F)Oc1cccc(CF)c1. The number of halogens is 2. The monoisotopic (exact) mass is 208 g/mol. The van der Waals surface area contributed by atoms with Crippen LogP contribution in [0, 0.1) is 0 Å². The van der Waals surface area contributed by atoms with Crippen LogP contribution >= 0.6 is 0 Å². The molecule has 0 heterocycles. The minimum absolute atomic E-state index is 0.223. The molecular weight excluding hydrogens is 202 g/mol. The van der Waals surface area contributed by atoms with Gasteiger partial charge < -0.3 is 4.18 Å². The summed E-state index contributed by atoms with van der Waals surface area (Å²) in [5.41, 5.74) is 0.223. The van der Waals surface area contributed by atoms with Crippen LogP contribution in [-0.4, -0.2) is 8.42 Å². The molecule has 0 atom stereocenters. The fourth-order valence-electron chi connectivity index (χ4n) is 0.795. The molecule has 1 rings (SSSR count). The minimum atomic E-state index is -5.02. The Hall–Kier alpha value is -1.17. The summed E-state index contributed by atoms with van der Waals surface area (Å²) in [5.74, 6) is -0.238. The smallest absolute Gasteiger partial charge is 0.358 e. The molecule has 0 saturated heterocycles. The second-order valence-electron chi connectivity index (χ2n) is 2.26. The largest absolute Gasteiger partial charge is 0.488 e. The first kappa shape index (κ1) is 9.91. The van der Waals surface area contributed by atoms with Crippen molar-refractivity contribution in [3.8, 4) is 5.75 Å². The van der Waals surface area contributed by atoms with E-state index >= 15 is 0 Å². The maximum atomic E-state index is 12.0. The van der Waals surface area contributed by atoms with Gasteiger partial charge in [0, 0.05) is 0 Å². The van der Waals surface area contributed by atoms with Gasteiger partial charge in [-0.3, -0.25) is 0 Å². The van der Waals surface area contributed by atoms with E-state index in [-0.39, 0.29) is 11.3 Å². The maximum absolute atomic E-state index is 12.0. The van der Waals surface area contributed by atoms with Gasteiger partial charge in [0.1, 0.15) is 12.4 Å². The molecule has 6 heteroatoms. The van der Waals surface area contributed by atoms with Gasteiger partial charge in [-0.15, -0.1) is 0 Å². The standard InChI is InChI=1S/C7H6F2O3S/c8-5-6-2-1-3-7(4-6)12-13(9,10)11/h1-4H,5H2. The molecule has 0 bridgehead atoms. The van der Waals surface area contributed by atoms with Gasteiger partial charge >= 0.3 is 10.5 Å². The van der Waals surface area contributed by atoms with Gasteiger partial charge in [0.15, 0.2) is 0 Å². The van der Waals surface area contributed by atoms with Gasteiger partial charge in [-0.1, -0.05) is 16.0 Å². The molecule has 72 valence electrons. The van der Waals surface area contributed by atoms with Crippen molar-refractivity contribution in [2.24, 2.45) is 0 Å². The quantitative estimate of drug-likeness (QED) is 0.711. The molecular formula is C7H6F2O3S. The predicted molar refractivity (Wildman–Crippen MR) is 41.9 cm³/mol. The molecule has 0 N–H and O–H groups in total. The van der Waals surface area contributed by atoms with Crippen molar-refractivity contribution in [2.75, 3.05) is 0 Å². The number of benzene rings is 1. The molecule has 0 aromatic heterocycles. The fourth-order valence-corrected chi connectivity index (χ4v) is 1.13. The van der Waals surface area contributed by atoms with Gasteiger partial charge in [-0.2, -0.15) is 8.42 Å². The van der Waals surface area contributed by atoms with Gasteiger partial charge in [0.2, 0.25) is 0 Å². The van der Waals surface area contributed by atoms with Crippen molar-refractivity contribution in [1.29, 1.82) is 0 Å². The van der Waals surface area contributed by atoms with Gasteiger partial charge in [0.25, 0.3) is 0 Å². The average molecular weight is 208 g/mol. The van der Waals surface area contributed by atoms with Crippen LogP contribution in [0.4, 0.5) is 8.28 Å². The van der Waals surface area contributed by atoms with E-state index in [1.165, 1.54) is 18.2 Å². The van der Waals surface area contributed by atoms with Crippen LogP contribution in [0.1, 0.15) is 5.56 Å². The summed E-state index contributed by atoms with van der Waals surface area (Å²) in [7, 11) is -5.02. The zero-order valence-corrected chi connectivity index (χ0v) is 7.22. The third-order valence-corrected chi connectivity index (χ3v) is 1.64. The Bertz CT molecular complexity index is 388. The molecule has 0 saturated carbocycles. The summed E-state index contributed by atoms with van der Waals surface area (Å²) in [6, 6.07) is 5.13. The molecule has 0 radical (unpaired) electrons. The number of rotatable bonds is 3. The highest BCUT2D eigenvalue weighted by Gasteiger charge is 2.09. The van der Waals surface area contributed by atoms with Crippen molar-refractivity contribution < 1.29 is 20.9 Å². The van der Waals surface area contributed by atoms with Crippen LogP contribution in [0.3, 0.4) is 0 Å². The normalized spacial score (nSPS) is 11.2. The van der Waals surface area contributed by atoms with Crippen LogP contribution in [-0.2, 0) is 17.2 Å². The van der Waals surface area contributed by atoms with E-state index in [1.807, 2.05) is 0 Å². The molecule has 0 aliphatic carbocycles. The summed E-state index contributed by atoms with van der Waals surface area (Å²) >= 11 is 0. The molecule has 0 unspecified atom stereocenters. The van der Waals surface area contributed by atoms with Crippen molar-refractivity contribution in [3.63, 3.8) is 0 Å². The van der Waals surface area contributed by atoms with E-state index in [9.17, 15) is 16.7 Å². The lowest BCUT2D eigenvalue weighted by molar-refractivity contribution is 0.438. The molecule has 1 aromatic rings. The summed E-state index contributed by atoms with van der Waals surface area (Å²) in [6.45, 7) is -0.760. The Kier molecular flexibility index (Phi) is 2.82. The summed E-state index contributed by atoms with van der Waals surface area (Å²) in [5, 5.41) is 0. The van der Waals surface area contributed by atoms with E-state index in [1.54, 1.807) is 0 Å². The van der Waals surface area contributed by atoms with E-state index in [0.29, 0.717) is 0 Å². The third kappa shape index (κ3) is 3.37. The lowest BCUT2D eigenvalue weighted by Gasteiger charge is -2.00. The Morgan fingerprint density at radius 2 is 2.08 bits per heavy atom. The van der Waals surface area contributed by atoms with Crippen LogP contribution in [0.25, 0.3) is 0 Å². The zero-order valence-electron chi connectivity index (χ0n) is 6.41. The molecule has 13 heavy (non-hydrogen) atoms. The van der Waals surface area contributed by atoms with Gasteiger partial charge in [-0.25, -0.2) is 4.39 Å².